The fourth-order valence-electron chi connectivity index (χ4n) is 2.98. The van der Waals surface area contributed by atoms with E-state index in [0.717, 1.165) is 25.7 Å². The van der Waals surface area contributed by atoms with Gasteiger partial charge in [-0.1, -0.05) is 25.7 Å². The molecule has 2 N–H and O–H groups in total. The van der Waals surface area contributed by atoms with Crippen molar-refractivity contribution in [3.8, 4) is 0 Å². The Morgan fingerprint density at radius 1 is 1.20 bits per heavy atom. The first-order valence-corrected chi connectivity index (χ1v) is 7.52. The lowest BCUT2D eigenvalue weighted by atomic mass is 9.76. The molecule has 0 radical (unpaired) electrons. The lowest BCUT2D eigenvalue weighted by Crippen LogP contribution is -2.36. The fourth-order valence-corrected chi connectivity index (χ4v) is 2.98. The molecule has 5 nitrogen and oxygen atoms in total. The van der Waals surface area contributed by atoms with Gasteiger partial charge in [0.2, 0.25) is 0 Å². The molecule has 1 saturated carbocycles. The summed E-state index contributed by atoms with van der Waals surface area (Å²) in [6, 6.07) is 0. The SMILES string of the molecule is COCC(C)OCC(O)CC1(C(=O)O)CCCCCC1. The van der Waals surface area contributed by atoms with Gasteiger partial charge in [0, 0.05) is 7.11 Å². The predicted octanol–water partition coefficient (Wildman–Crippen LogP) is 2.21. The monoisotopic (exact) mass is 288 g/mol. The van der Waals surface area contributed by atoms with Gasteiger partial charge in [0.05, 0.1) is 30.8 Å². The van der Waals surface area contributed by atoms with Crippen molar-refractivity contribution in [1.29, 1.82) is 0 Å². The van der Waals surface area contributed by atoms with Crippen LogP contribution in [0.1, 0.15) is 51.9 Å². The van der Waals surface area contributed by atoms with E-state index in [2.05, 4.69) is 0 Å². The minimum absolute atomic E-state index is 0.0930. The Morgan fingerprint density at radius 2 is 1.80 bits per heavy atom. The fraction of sp³-hybridized carbons (Fsp3) is 0.933. The molecule has 0 amide bonds. The Labute approximate surface area is 121 Å². The van der Waals surface area contributed by atoms with E-state index >= 15 is 0 Å². The summed E-state index contributed by atoms with van der Waals surface area (Å²) >= 11 is 0. The molecule has 5 heteroatoms. The van der Waals surface area contributed by atoms with Gasteiger partial charge in [-0.15, -0.1) is 0 Å². The average molecular weight is 288 g/mol. The van der Waals surface area contributed by atoms with Gasteiger partial charge in [0.1, 0.15) is 0 Å². The number of aliphatic hydroxyl groups excluding tert-OH is 1. The molecule has 1 fully saturated rings. The van der Waals surface area contributed by atoms with Crippen LogP contribution >= 0.6 is 0 Å². The van der Waals surface area contributed by atoms with Crippen LogP contribution in [0.3, 0.4) is 0 Å². The van der Waals surface area contributed by atoms with Crippen LogP contribution in [0, 0.1) is 5.41 Å². The van der Waals surface area contributed by atoms with E-state index in [1.54, 1.807) is 7.11 Å². The number of aliphatic hydroxyl groups is 1. The van der Waals surface area contributed by atoms with E-state index in [4.69, 9.17) is 9.47 Å². The van der Waals surface area contributed by atoms with Crippen LogP contribution in [0.5, 0.6) is 0 Å². The Balaban J connectivity index is 2.50. The molecule has 2 atom stereocenters. The number of methoxy groups -OCH3 is 1. The Morgan fingerprint density at radius 3 is 2.30 bits per heavy atom. The van der Waals surface area contributed by atoms with Gasteiger partial charge in [0.15, 0.2) is 0 Å². The average Bonchev–Trinajstić information content (AvgIpc) is 2.63. The number of aliphatic carboxylic acids is 1. The van der Waals surface area contributed by atoms with E-state index in [1.807, 2.05) is 6.92 Å². The lowest BCUT2D eigenvalue weighted by molar-refractivity contribution is -0.153. The molecule has 0 aromatic rings. The minimum Gasteiger partial charge on any atom is -0.481 e. The zero-order valence-electron chi connectivity index (χ0n) is 12.6. The molecule has 0 heterocycles. The highest BCUT2D eigenvalue weighted by Gasteiger charge is 2.40. The highest BCUT2D eigenvalue weighted by atomic mass is 16.5. The normalized spacial score (nSPS) is 21.9. The number of hydrogen-bond acceptors (Lipinski definition) is 4. The van der Waals surface area contributed by atoms with E-state index in [9.17, 15) is 15.0 Å². The van der Waals surface area contributed by atoms with Gasteiger partial charge in [-0.05, 0) is 26.2 Å². The van der Waals surface area contributed by atoms with Gasteiger partial charge in [-0.25, -0.2) is 0 Å². The zero-order valence-corrected chi connectivity index (χ0v) is 12.6. The second kappa shape index (κ2) is 8.60. The van der Waals surface area contributed by atoms with Crippen molar-refractivity contribution >= 4 is 5.97 Å². The van der Waals surface area contributed by atoms with Crippen molar-refractivity contribution in [3.63, 3.8) is 0 Å². The van der Waals surface area contributed by atoms with Crippen molar-refractivity contribution in [3.05, 3.63) is 0 Å². The molecule has 0 saturated heterocycles. The number of carboxylic acids is 1. The van der Waals surface area contributed by atoms with Crippen molar-refractivity contribution in [2.45, 2.75) is 64.1 Å². The summed E-state index contributed by atoms with van der Waals surface area (Å²) in [4.78, 5) is 11.6. The molecule has 0 bridgehead atoms. The summed E-state index contributed by atoms with van der Waals surface area (Å²) < 4.78 is 10.4. The number of hydrogen-bond donors (Lipinski definition) is 2. The third kappa shape index (κ3) is 5.38. The first-order valence-electron chi connectivity index (χ1n) is 7.52. The maximum atomic E-state index is 11.6. The summed E-state index contributed by atoms with van der Waals surface area (Å²) in [5, 5.41) is 19.6. The van der Waals surface area contributed by atoms with Crippen molar-refractivity contribution in [1.82, 2.24) is 0 Å². The maximum Gasteiger partial charge on any atom is 0.309 e. The molecule has 0 aromatic carbocycles. The number of carboxylic acid groups (broad SMARTS) is 1. The van der Waals surface area contributed by atoms with Crippen molar-refractivity contribution < 1.29 is 24.5 Å². The highest BCUT2D eigenvalue weighted by Crippen LogP contribution is 2.39. The molecule has 0 aromatic heterocycles. The predicted molar refractivity (Wildman–Crippen MR) is 75.7 cm³/mol. The maximum absolute atomic E-state index is 11.6. The van der Waals surface area contributed by atoms with E-state index in [-0.39, 0.29) is 19.1 Å². The van der Waals surface area contributed by atoms with Gasteiger partial charge < -0.3 is 19.7 Å². The number of carbonyl (C=O) groups is 1. The Hall–Kier alpha value is -0.650. The van der Waals surface area contributed by atoms with E-state index in [1.165, 1.54) is 0 Å². The molecule has 1 aliphatic carbocycles. The summed E-state index contributed by atoms with van der Waals surface area (Å²) in [7, 11) is 1.60. The smallest absolute Gasteiger partial charge is 0.309 e. The second-order valence-electron chi connectivity index (χ2n) is 5.96. The van der Waals surface area contributed by atoms with E-state index < -0.39 is 17.5 Å². The van der Waals surface area contributed by atoms with Gasteiger partial charge in [0.25, 0.3) is 0 Å². The standard InChI is InChI=1S/C15H28O5/c1-12(10-19-2)20-11-13(16)9-15(14(17)18)7-5-3-4-6-8-15/h12-13,16H,3-11H2,1-2H3,(H,17,18). The first-order chi connectivity index (χ1) is 9.50. The topological polar surface area (TPSA) is 76.0 Å². The van der Waals surface area contributed by atoms with Crippen LogP contribution in [-0.4, -0.2) is 48.7 Å². The number of rotatable bonds is 8. The second-order valence-corrected chi connectivity index (χ2v) is 5.96. The molecule has 1 aliphatic rings. The van der Waals surface area contributed by atoms with Crippen molar-refractivity contribution in [2.75, 3.05) is 20.3 Å². The summed E-state index contributed by atoms with van der Waals surface area (Å²) in [6.07, 6.45) is 4.81. The molecule has 0 aliphatic heterocycles. The van der Waals surface area contributed by atoms with Crippen LogP contribution in [0.25, 0.3) is 0 Å². The van der Waals surface area contributed by atoms with Crippen LogP contribution in [0.2, 0.25) is 0 Å². The summed E-state index contributed by atoms with van der Waals surface area (Å²) in [5.74, 6) is -0.775. The Bertz CT molecular complexity index is 284. The van der Waals surface area contributed by atoms with Crippen LogP contribution < -0.4 is 0 Å². The Kier molecular flexibility index (Phi) is 7.48. The van der Waals surface area contributed by atoms with Crippen molar-refractivity contribution in [2.24, 2.45) is 5.41 Å². The van der Waals surface area contributed by atoms with Gasteiger partial charge in [-0.2, -0.15) is 0 Å². The summed E-state index contributed by atoms with van der Waals surface area (Å²) in [6.45, 7) is 2.51. The largest absolute Gasteiger partial charge is 0.481 e. The molecular weight excluding hydrogens is 260 g/mol. The molecule has 2 unspecified atom stereocenters. The molecule has 20 heavy (non-hydrogen) atoms. The quantitative estimate of drug-likeness (QED) is 0.670. The number of ether oxygens (including phenoxy) is 2. The highest BCUT2D eigenvalue weighted by molar-refractivity contribution is 5.74. The van der Waals surface area contributed by atoms with E-state index in [0.29, 0.717) is 19.4 Å². The third-order valence-electron chi connectivity index (χ3n) is 4.12. The minimum atomic E-state index is -0.775. The molecule has 0 spiro atoms. The third-order valence-corrected chi connectivity index (χ3v) is 4.12. The molecular formula is C15H28O5. The molecule has 118 valence electrons. The van der Waals surface area contributed by atoms with Crippen LogP contribution in [0.15, 0.2) is 0 Å². The zero-order chi connectivity index (χ0) is 15.0. The van der Waals surface area contributed by atoms with Gasteiger partial charge in [-0.3, -0.25) is 4.79 Å². The first kappa shape index (κ1) is 17.4. The van der Waals surface area contributed by atoms with Crippen LogP contribution in [-0.2, 0) is 14.3 Å². The summed E-state index contributed by atoms with van der Waals surface area (Å²) in [5.41, 5.74) is -0.774. The molecule has 1 rings (SSSR count). The lowest BCUT2D eigenvalue weighted by Gasteiger charge is -2.30. The van der Waals surface area contributed by atoms with Crippen LogP contribution in [0.4, 0.5) is 0 Å². The van der Waals surface area contributed by atoms with Gasteiger partial charge >= 0.3 is 5.97 Å².